The maximum Gasteiger partial charge on any atom is 0.241 e. The van der Waals surface area contributed by atoms with Crippen LogP contribution in [0.25, 0.3) is 10.8 Å². The molecule has 1 aromatic carbocycles. The number of fused-ring (bicyclic) bond motifs is 1. The third-order valence-corrected chi connectivity index (χ3v) is 3.00. The molecule has 0 saturated heterocycles. The second kappa shape index (κ2) is 5.53. The normalized spacial score (nSPS) is 12.9. The van der Waals surface area contributed by atoms with Crippen LogP contribution in [0.15, 0.2) is 24.3 Å². The van der Waals surface area contributed by atoms with Crippen LogP contribution in [0.4, 0.5) is 0 Å². The highest BCUT2D eigenvalue weighted by molar-refractivity contribution is 6.34. The Morgan fingerprint density at radius 2 is 1.78 bits per heavy atom. The zero-order valence-electron chi connectivity index (χ0n) is 10.9. The van der Waals surface area contributed by atoms with Crippen LogP contribution < -0.4 is 4.74 Å². The first kappa shape index (κ1) is 13.1. The van der Waals surface area contributed by atoms with Gasteiger partial charge in [0.15, 0.2) is 5.15 Å². The third kappa shape index (κ3) is 2.91. The summed E-state index contributed by atoms with van der Waals surface area (Å²) in [5, 5.41) is 10.2. The highest BCUT2D eigenvalue weighted by Gasteiger charge is 2.12. The molecule has 1 unspecified atom stereocenters. The standard InChI is InChI=1S/C14H17ClN2O/c1-9(2)8-10(3)18-14-12-7-5-4-6-11(12)13(15)16-17-14/h4-7,9-10H,8H2,1-3H3. The highest BCUT2D eigenvalue weighted by Crippen LogP contribution is 2.28. The van der Waals surface area contributed by atoms with Crippen LogP contribution in [0, 0.1) is 5.92 Å². The number of aromatic nitrogens is 2. The molecule has 0 aliphatic rings. The zero-order chi connectivity index (χ0) is 13.1. The minimum Gasteiger partial charge on any atom is -0.473 e. The number of benzene rings is 1. The van der Waals surface area contributed by atoms with Gasteiger partial charge in [-0.2, -0.15) is 0 Å². The molecule has 0 fully saturated rings. The minimum absolute atomic E-state index is 0.115. The molecule has 4 heteroatoms. The predicted molar refractivity (Wildman–Crippen MR) is 74.1 cm³/mol. The van der Waals surface area contributed by atoms with Gasteiger partial charge in [0.2, 0.25) is 5.88 Å². The second-order valence-electron chi connectivity index (χ2n) is 4.90. The van der Waals surface area contributed by atoms with E-state index in [1.807, 2.05) is 31.2 Å². The molecular weight excluding hydrogens is 248 g/mol. The van der Waals surface area contributed by atoms with Crippen LogP contribution in [0.5, 0.6) is 5.88 Å². The molecule has 96 valence electrons. The minimum atomic E-state index is 0.115. The van der Waals surface area contributed by atoms with Gasteiger partial charge in [-0.05, 0) is 25.3 Å². The van der Waals surface area contributed by atoms with E-state index in [0.29, 0.717) is 17.0 Å². The van der Waals surface area contributed by atoms with Crippen molar-refractivity contribution in [3.63, 3.8) is 0 Å². The second-order valence-corrected chi connectivity index (χ2v) is 5.26. The van der Waals surface area contributed by atoms with E-state index in [1.54, 1.807) is 0 Å². The van der Waals surface area contributed by atoms with E-state index in [9.17, 15) is 0 Å². The first-order valence-corrected chi connectivity index (χ1v) is 6.53. The van der Waals surface area contributed by atoms with Crippen LogP contribution in [0.3, 0.4) is 0 Å². The molecule has 0 bridgehead atoms. The third-order valence-electron chi connectivity index (χ3n) is 2.72. The van der Waals surface area contributed by atoms with Crippen molar-refractivity contribution in [1.82, 2.24) is 10.2 Å². The fraction of sp³-hybridized carbons (Fsp3) is 0.429. The first-order chi connectivity index (χ1) is 8.58. The zero-order valence-corrected chi connectivity index (χ0v) is 11.6. The summed E-state index contributed by atoms with van der Waals surface area (Å²) < 4.78 is 5.86. The van der Waals surface area contributed by atoms with Gasteiger partial charge in [0, 0.05) is 10.8 Å². The lowest BCUT2D eigenvalue weighted by Gasteiger charge is -2.16. The Labute approximate surface area is 112 Å². The van der Waals surface area contributed by atoms with Gasteiger partial charge in [0.05, 0.1) is 6.10 Å². The van der Waals surface area contributed by atoms with Gasteiger partial charge in [0.1, 0.15) is 0 Å². The molecule has 2 rings (SSSR count). The summed E-state index contributed by atoms with van der Waals surface area (Å²) in [7, 11) is 0. The summed E-state index contributed by atoms with van der Waals surface area (Å²) in [5.41, 5.74) is 0. The summed E-state index contributed by atoms with van der Waals surface area (Å²) in [4.78, 5) is 0. The van der Waals surface area contributed by atoms with Gasteiger partial charge in [-0.3, -0.25) is 0 Å². The van der Waals surface area contributed by atoms with Gasteiger partial charge in [0.25, 0.3) is 0 Å². The molecule has 18 heavy (non-hydrogen) atoms. The first-order valence-electron chi connectivity index (χ1n) is 6.15. The lowest BCUT2D eigenvalue weighted by molar-refractivity contribution is 0.186. The van der Waals surface area contributed by atoms with Crippen molar-refractivity contribution in [2.24, 2.45) is 5.92 Å². The van der Waals surface area contributed by atoms with Gasteiger partial charge in [-0.15, -0.1) is 10.2 Å². The van der Waals surface area contributed by atoms with Crippen molar-refractivity contribution in [3.05, 3.63) is 29.4 Å². The van der Waals surface area contributed by atoms with E-state index < -0.39 is 0 Å². The van der Waals surface area contributed by atoms with E-state index in [-0.39, 0.29) is 6.10 Å². The lowest BCUT2D eigenvalue weighted by atomic mass is 10.1. The largest absolute Gasteiger partial charge is 0.473 e. The summed E-state index contributed by atoms with van der Waals surface area (Å²) in [6.07, 6.45) is 1.10. The molecule has 0 spiro atoms. The molecule has 1 atom stereocenters. The van der Waals surface area contributed by atoms with Gasteiger partial charge in [-0.25, -0.2) is 0 Å². The Kier molecular flexibility index (Phi) is 4.02. The van der Waals surface area contributed by atoms with E-state index in [2.05, 4.69) is 24.0 Å². The molecule has 0 amide bonds. The number of ether oxygens (including phenoxy) is 1. The Morgan fingerprint density at radius 1 is 1.11 bits per heavy atom. The Balaban J connectivity index is 2.31. The number of hydrogen-bond donors (Lipinski definition) is 0. The van der Waals surface area contributed by atoms with E-state index in [4.69, 9.17) is 16.3 Å². The maximum absolute atomic E-state index is 6.02. The Morgan fingerprint density at radius 3 is 2.44 bits per heavy atom. The van der Waals surface area contributed by atoms with Crippen molar-refractivity contribution < 1.29 is 4.74 Å². The fourth-order valence-corrected chi connectivity index (χ4v) is 2.24. The van der Waals surface area contributed by atoms with Crippen molar-refractivity contribution in [3.8, 4) is 5.88 Å². The summed E-state index contributed by atoms with van der Waals surface area (Å²) >= 11 is 6.02. The number of halogens is 1. The molecule has 3 nitrogen and oxygen atoms in total. The van der Waals surface area contributed by atoms with Gasteiger partial charge in [-0.1, -0.05) is 43.6 Å². The topological polar surface area (TPSA) is 35.0 Å². The molecule has 1 aromatic heterocycles. The molecular formula is C14H17ClN2O. The summed E-state index contributed by atoms with van der Waals surface area (Å²) in [6, 6.07) is 7.75. The molecule has 0 radical (unpaired) electrons. The maximum atomic E-state index is 6.02. The Hall–Kier alpha value is -1.35. The smallest absolute Gasteiger partial charge is 0.241 e. The molecule has 0 N–H and O–H groups in total. The van der Waals surface area contributed by atoms with Crippen LogP contribution in [-0.2, 0) is 0 Å². The lowest BCUT2D eigenvalue weighted by Crippen LogP contribution is -2.15. The average Bonchev–Trinajstić information content (AvgIpc) is 2.32. The Bertz CT molecular complexity index is 542. The fourth-order valence-electron chi connectivity index (χ4n) is 2.04. The monoisotopic (exact) mass is 264 g/mol. The molecule has 0 aliphatic heterocycles. The van der Waals surface area contributed by atoms with Crippen LogP contribution in [-0.4, -0.2) is 16.3 Å². The molecule has 0 saturated carbocycles. The van der Waals surface area contributed by atoms with Crippen LogP contribution in [0.1, 0.15) is 27.2 Å². The number of hydrogen-bond acceptors (Lipinski definition) is 3. The van der Waals surface area contributed by atoms with Crippen LogP contribution >= 0.6 is 11.6 Å². The SMILES string of the molecule is CC(C)CC(C)Oc1nnc(Cl)c2ccccc12. The molecule has 2 aromatic rings. The highest BCUT2D eigenvalue weighted by atomic mass is 35.5. The van der Waals surface area contributed by atoms with Gasteiger partial charge >= 0.3 is 0 Å². The number of rotatable bonds is 4. The van der Waals surface area contributed by atoms with Crippen LogP contribution in [0.2, 0.25) is 5.15 Å². The average molecular weight is 265 g/mol. The number of nitrogens with zero attached hydrogens (tertiary/aromatic N) is 2. The van der Waals surface area contributed by atoms with Crippen molar-refractivity contribution in [2.45, 2.75) is 33.3 Å². The summed E-state index contributed by atoms with van der Waals surface area (Å²) in [6.45, 7) is 6.39. The summed E-state index contributed by atoms with van der Waals surface area (Å²) in [5.74, 6) is 1.15. The van der Waals surface area contributed by atoms with E-state index in [0.717, 1.165) is 17.2 Å². The predicted octanol–water partition coefficient (Wildman–Crippen LogP) is 4.10. The van der Waals surface area contributed by atoms with E-state index >= 15 is 0 Å². The van der Waals surface area contributed by atoms with Gasteiger partial charge < -0.3 is 4.74 Å². The van der Waals surface area contributed by atoms with E-state index in [1.165, 1.54) is 0 Å². The van der Waals surface area contributed by atoms with Crippen molar-refractivity contribution in [1.29, 1.82) is 0 Å². The molecule has 0 aliphatic carbocycles. The quantitative estimate of drug-likeness (QED) is 0.834. The molecule has 1 heterocycles. The van der Waals surface area contributed by atoms with Crippen molar-refractivity contribution >= 4 is 22.4 Å². The van der Waals surface area contributed by atoms with Crippen molar-refractivity contribution in [2.75, 3.05) is 0 Å².